The maximum Gasteiger partial charge on any atom is 0.227 e. The Morgan fingerprint density at radius 1 is 1.16 bits per heavy atom. The van der Waals surface area contributed by atoms with E-state index in [0.717, 1.165) is 63.9 Å². The first-order valence-corrected chi connectivity index (χ1v) is 13.2. The van der Waals surface area contributed by atoms with E-state index < -0.39 is 10.8 Å². The molecule has 3 aliphatic rings. The highest BCUT2D eigenvalue weighted by molar-refractivity contribution is 7.84. The lowest BCUT2D eigenvalue weighted by Crippen LogP contribution is -2.58. The first-order chi connectivity index (χ1) is 15.4. The van der Waals surface area contributed by atoms with Crippen LogP contribution >= 0.6 is 11.6 Å². The minimum absolute atomic E-state index is 0.0491. The van der Waals surface area contributed by atoms with Crippen LogP contribution in [0.2, 0.25) is 5.02 Å². The normalized spacial score (nSPS) is 22.8. The van der Waals surface area contributed by atoms with Gasteiger partial charge in [0.15, 0.2) is 0 Å². The van der Waals surface area contributed by atoms with E-state index in [9.17, 15) is 9.32 Å². The molecule has 1 saturated heterocycles. The molecule has 5 rings (SSSR count). The fourth-order valence-electron chi connectivity index (χ4n) is 5.23. The zero-order valence-corrected chi connectivity index (χ0v) is 19.8. The largest absolute Gasteiger partial charge is 0.394 e. The first-order valence-electron chi connectivity index (χ1n) is 11.2. The van der Waals surface area contributed by atoms with E-state index in [0.29, 0.717) is 33.0 Å². The van der Waals surface area contributed by atoms with Crippen molar-refractivity contribution in [2.45, 2.75) is 61.3 Å². The molecule has 3 heterocycles. The molecule has 2 aliphatic carbocycles. The standard InChI is InChI=1S/C22H29ClN6O2S/c1-32(31)17-11-26-20(27-19(17)28-22(14-30)5-2-6-22)29-12-21(13-29)7-3-15(4-8-21)18-24-9-16(23)10-25-18/h9-11,15,30H,2-8,12-14H2,1H3,(H,26,27,28). The van der Waals surface area contributed by atoms with E-state index in [1.165, 1.54) is 0 Å². The SMILES string of the molecule is CS(=O)c1cnc(N2CC3(CCC(c4ncc(Cl)cn4)CC3)C2)nc1NC1(CO)CCC1. The fourth-order valence-corrected chi connectivity index (χ4v) is 5.90. The highest BCUT2D eigenvalue weighted by Gasteiger charge is 2.47. The average molecular weight is 477 g/mol. The van der Waals surface area contributed by atoms with Gasteiger partial charge in [0.25, 0.3) is 0 Å². The topological polar surface area (TPSA) is 104 Å². The predicted molar refractivity (Wildman–Crippen MR) is 125 cm³/mol. The maximum atomic E-state index is 12.2. The third kappa shape index (κ3) is 4.10. The van der Waals surface area contributed by atoms with Gasteiger partial charge in [-0.2, -0.15) is 4.98 Å². The third-order valence-corrected chi connectivity index (χ3v) is 8.55. The van der Waals surface area contributed by atoms with Gasteiger partial charge in [-0.15, -0.1) is 0 Å². The van der Waals surface area contributed by atoms with Gasteiger partial charge < -0.3 is 15.3 Å². The molecule has 0 radical (unpaired) electrons. The van der Waals surface area contributed by atoms with E-state index in [1.807, 2.05) is 0 Å². The van der Waals surface area contributed by atoms with Crippen molar-refractivity contribution < 1.29 is 9.32 Å². The van der Waals surface area contributed by atoms with Crippen molar-refractivity contribution in [3.8, 4) is 0 Å². The Hall–Kier alpha value is -1.84. The van der Waals surface area contributed by atoms with Crippen LogP contribution in [-0.4, -0.2) is 60.7 Å². The number of aromatic nitrogens is 4. The van der Waals surface area contributed by atoms with Crippen LogP contribution in [0.1, 0.15) is 56.7 Å². The number of aliphatic hydroxyl groups excluding tert-OH is 1. The van der Waals surface area contributed by atoms with Gasteiger partial charge in [0.2, 0.25) is 5.95 Å². The van der Waals surface area contributed by atoms with Crippen LogP contribution in [0.15, 0.2) is 23.5 Å². The van der Waals surface area contributed by atoms with Crippen molar-refractivity contribution in [2.24, 2.45) is 5.41 Å². The number of anilines is 2. The second kappa shape index (κ2) is 8.50. The van der Waals surface area contributed by atoms with E-state index in [2.05, 4.69) is 25.2 Å². The molecule has 1 unspecified atom stereocenters. The molecule has 0 amide bonds. The quantitative estimate of drug-likeness (QED) is 0.655. The number of nitrogens with zero attached hydrogens (tertiary/aromatic N) is 5. The van der Waals surface area contributed by atoms with Crippen molar-refractivity contribution in [1.29, 1.82) is 0 Å². The molecule has 2 aromatic heterocycles. The van der Waals surface area contributed by atoms with E-state index in [-0.39, 0.29) is 12.1 Å². The molecule has 2 N–H and O–H groups in total. The molecule has 172 valence electrons. The summed E-state index contributed by atoms with van der Waals surface area (Å²) in [7, 11) is -1.20. The summed E-state index contributed by atoms with van der Waals surface area (Å²) in [5.41, 5.74) is -0.0511. The monoisotopic (exact) mass is 476 g/mol. The maximum absolute atomic E-state index is 12.2. The fraction of sp³-hybridized carbons (Fsp3) is 0.636. The molecular formula is C22H29ClN6O2S. The predicted octanol–water partition coefficient (Wildman–Crippen LogP) is 3.15. The highest BCUT2D eigenvalue weighted by atomic mass is 35.5. The first kappa shape index (κ1) is 22.0. The zero-order valence-electron chi connectivity index (χ0n) is 18.3. The molecule has 2 aromatic rings. The van der Waals surface area contributed by atoms with Crippen LogP contribution < -0.4 is 10.2 Å². The van der Waals surface area contributed by atoms with Crippen LogP contribution in [0.4, 0.5) is 11.8 Å². The summed E-state index contributed by atoms with van der Waals surface area (Å²) in [6, 6.07) is 0. The Kier molecular flexibility index (Phi) is 5.84. The Bertz CT molecular complexity index is 994. The van der Waals surface area contributed by atoms with Crippen molar-refractivity contribution >= 4 is 34.2 Å². The summed E-state index contributed by atoms with van der Waals surface area (Å²) < 4.78 is 12.2. The Morgan fingerprint density at radius 2 is 1.84 bits per heavy atom. The lowest BCUT2D eigenvalue weighted by Gasteiger charge is -2.53. The van der Waals surface area contributed by atoms with Crippen molar-refractivity contribution in [3.05, 3.63) is 29.4 Å². The van der Waals surface area contributed by atoms with Gasteiger partial charge in [-0.1, -0.05) is 11.6 Å². The molecule has 3 fully saturated rings. The molecule has 10 heteroatoms. The summed E-state index contributed by atoms with van der Waals surface area (Å²) >= 11 is 5.92. The van der Waals surface area contributed by atoms with Crippen LogP contribution in [0.5, 0.6) is 0 Å². The molecule has 8 nitrogen and oxygen atoms in total. The minimum Gasteiger partial charge on any atom is -0.394 e. The van der Waals surface area contributed by atoms with Gasteiger partial charge in [0.1, 0.15) is 11.6 Å². The molecule has 2 saturated carbocycles. The van der Waals surface area contributed by atoms with Crippen molar-refractivity contribution in [3.63, 3.8) is 0 Å². The number of aliphatic hydroxyl groups is 1. The average Bonchev–Trinajstić information content (AvgIpc) is 2.75. The van der Waals surface area contributed by atoms with Gasteiger partial charge in [0, 0.05) is 43.1 Å². The number of halogens is 1. The van der Waals surface area contributed by atoms with Gasteiger partial charge in [0.05, 0.1) is 39.1 Å². The number of hydrogen-bond donors (Lipinski definition) is 2. The van der Waals surface area contributed by atoms with Gasteiger partial charge in [-0.25, -0.2) is 15.0 Å². The van der Waals surface area contributed by atoms with Gasteiger partial charge >= 0.3 is 0 Å². The summed E-state index contributed by atoms with van der Waals surface area (Å²) in [4.78, 5) is 20.9. The lowest BCUT2D eigenvalue weighted by molar-refractivity contribution is 0.124. The summed E-state index contributed by atoms with van der Waals surface area (Å²) in [5.74, 6) is 2.56. The van der Waals surface area contributed by atoms with Gasteiger partial charge in [-0.05, 0) is 44.9 Å². The second-order valence-corrected chi connectivity index (χ2v) is 11.4. The zero-order chi connectivity index (χ0) is 22.3. The summed E-state index contributed by atoms with van der Waals surface area (Å²) in [6.07, 6.45) is 14.0. The number of hydrogen-bond acceptors (Lipinski definition) is 8. The third-order valence-electron chi connectivity index (χ3n) is 7.44. The van der Waals surface area contributed by atoms with Crippen LogP contribution in [-0.2, 0) is 10.8 Å². The van der Waals surface area contributed by atoms with Crippen molar-refractivity contribution in [2.75, 3.05) is 36.2 Å². The molecule has 32 heavy (non-hydrogen) atoms. The summed E-state index contributed by atoms with van der Waals surface area (Å²) in [6.45, 7) is 1.91. The molecule has 1 atom stereocenters. The summed E-state index contributed by atoms with van der Waals surface area (Å²) in [5, 5.41) is 13.8. The van der Waals surface area contributed by atoms with Crippen LogP contribution in [0.25, 0.3) is 0 Å². The second-order valence-electron chi connectivity index (χ2n) is 9.64. The molecule has 1 aliphatic heterocycles. The Balaban J connectivity index is 1.25. The van der Waals surface area contributed by atoms with Crippen LogP contribution in [0.3, 0.4) is 0 Å². The lowest BCUT2D eigenvalue weighted by atomic mass is 9.66. The van der Waals surface area contributed by atoms with Crippen LogP contribution in [0, 0.1) is 5.41 Å². The van der Waals surface area contributed by atoms with E-state index in [4.69, 9.17) is 16.6 Å². The highest BCUT2D eigenvalue weighted by Crippen LogP contribution is 2.48. The molecular weight excluding hydrogens is 448 g/mol. The number of nitrogens with one attached hydrogen (secondary N) is 1. The molecule has 0 bridgehead atoms. The number of rotatable bonds is 6. The smallest absolute Gasteiger partial charge is 0.227 e. The van der Waals surface area contributed by atoms with Gasteiger partial charge in [-0.3, -0.25) is 4.21 Å². The minimum atomic E-state index is -1.20. The Labute approximate surface area is 195 Å². The Morgan fingerprint density at radius 3 is 2.41 bits per heavy atom. The van der Waals surface area contributed by atoms with E-state index in [1.54, 1.807) is 24.8 Å². The van der Waals surface area contributed by atoms with Crippen molar-refractivity contribution in [1.82, 2.24) is 19.9 Å². The molecule has 1 spiro atoms. The molecule has 0 aromatic carbocycles. The van der Waals surface area contributed by atoms with E-state index >= 15 is 0 Å².